The molecule has 1 nitrogen and oxygen atoms in total. The SMILES string of the molecule is S=C(NCc1ccccc1)SCc1ccccc1.[KH]. The first-order valence-electron chi connectivity index (χ1n) is 5.83. The van der Waals surface area contributed by atoms with Crippen LogP contribution >= 0.6 is 24.0 Å². The molecule has 2 rings (SSSR count). The molecule has 0 atom stereocenters. The van der Waals surface area contributed by atoms with Crippen LogP contribution in [0, 0.1) is 0 Å². The summed E-state index contributed by atoms with van der Waals surface area (Å²) in [7, 11) is 0. The van der Waals surface area contributed by atoms with Crippen molar-refractivity contribution in [3.05, 3.63) is 71.8 Å². The second kappa shape index (κ2) is 10.1. The summed E-state index contributed by atoms with van der Waals surface area (Å²) in [6.07, 6.45) is 0. The molecule has 0 fully saturated rings. The normalized spacial score (nSPS) is 9.47. The number of hydrogen-bond acceptors (Lipinski definition) is 2. The molecule has 2 aromatic carbocycles. The quantitative estimate of drug-likeness (QED) is 0.687. The van der Waals surface area contributed by atoms with Gasteiger partial charge in [0.05, 0.1) is 0 Å². The van der Waals surface area contributed by atoms with Gasteiger partial charge in [-0.25, -0.2) is 0 Å². The van der Waals surface area contributed by atoms with E-state index in [0.29, 0.717) is 0 Å². The zero-order chi connectivity index (χ0) is 12.6. The number of thiocarbonyl (C=S) groups is 1. The van der Waals surface area contributed by atoms with E-state index in [4.69, 9.17) is 12.2 Å². The molecule has 0 saturated heterocycles. The average molecular weight is 314 g/mol. The van der Waals surface area contributed by atoms with Crippen molar-refractivity contribution >= 4 is 79.7 Å². The van der Waals surface area contributed by atoms with Crippen molar-refractivity contribution < 1.29 is 0 Å². The predicted octanol–water partition coefficient (Wildman–Crippen LogP) is 3.35. The van der Waals surface area contributed by atoms with Crippen molar-refractivity contribution in [1.29, 1.82) is 0 Å². The van der Waals surface area contributed by atoms with Crippen LogP contribution in [0.1, 0.15) is 11.1 Å². The molecule has 0 saturated carbocycles. The Morgan fingerprint density at radius 3 is 2.00 bits per heavy atom. The molecule has 0 aliphatic heterocycles. The molecule has 2 aromatic rings. The molecule has 0 amide bonds. The summed E-state index contributed by atoms with van der Waals surface area (Å²) in [5, 5.41) is 3.26. The molecule has 0 aliphatic rings. The Labute approximate surface area is 167 Å². The van der Waals surface area contributed by atoms with Gasteiger partial charge in [0.2, 0.25) is 0 Å². The third kappa shape index (κ3) is 7.04. The minimum absolute atomic E-state index is 0. The standard InChI is InChI=1S/C15H15NS2.K.H/c17-15(16-11-13-7-3-1-4-8-13)18-12-14-9-5-2-6-10-14;;/h1-10H,11-12H2,(H,16,17);;. The molecule has 1 N–H and O–H groups in total. The molecule has 0 bridgehead atoms. The fraction of sp³-hybridized carbons (Fsp3) is 0.133. The van der Waals surface area contributed by atoms with Gasteiger partial charge >= 0.3 is 51.4 Å². The molecule has 94 valence electrons. The Kier molecular flexibility index (Phi) is 9.23. The number of nitrogens with one attached hydrogen (secondary N) is 1. The van der Waals surface area contributed by atoms with E-state index in [1.807, 2.05) is 24.3 Å². The second-order valence-corrected chi connectivity index (χ2v) is 5.55. The topological polar surface area (TPSA) is 12.0 Å². The van der Waals surface area contributed by atoms with Gasteiger partial charge in [0.15, 0.2) is 0 Å². The van der Waals surface area contributed by atoms with Crippen LogP contribution < -0.4 is 5.32 Å². The van der Waals surface area contributed by atoms with Gasteiger partial charge in [-0.05, 0) is 11.1 Å². The fourth-order valence-corrected chi connectivity index (χ4v) is 2.46. The van der Waals surface area contributed by atoms with Crippen LogP contribution in [0.3, 0.4) is 0 Å². The minimum atomic E-state index is 0. The number of rotatable bonds is 4. The predicted molar refractivity (Wildman–Crippen MR) is 90.8 cm³/mol. The van der Waals surface area contributed by atoms with Gasteiger partial charge < -0.3 is 5.32 Å². The van der Waals surface area contributed by atoms with Gasteiger partial charge in [0.25, 0.3) is 0 Å². The van der Waals surface area contributed by atoms with Gasteiger partial charge in [-0.1, -0.05) is 84.6 Å². The van der Waals surface area contributed by atoms with Crippen LogP contribution in [-0.4, -0.2) is 55.7 Å². The van der Waals surface area contributed by atoms with E-state index in [9.17, 15) is 0 Å². The molecule has 0 unspecified atom stereocenters. The van der Waals surface area contributed by atoms with Gasteiger partial charge in [-0.3, -0.25) is 0 Å². The van der Waals surface area contributed by atoms with Crippen LogP contribution in [0.4, 0.5) is 0 Å². The first-order valence-corrected chi connectivity index (χ1v) is 7.22. The first-order chi connectivity index (χ1) is 8.84. The van der Waals surface area contributed by atoms with Crippen molar-refractivity contribution in [2.45, 2.75) is 12.3 Å². The molecular weight excluding hydrogens is 297 g/mol. The monoisotopic (exact) mass is 313 g/mol. The third-order valence-corrected chi connectivity index (χ3v) is 3.87. The van der Waals surface area contributed by atoms with Gasteiger partial charge in [0.1, 0.15) is 4.32 Å². The summed E-state index contributed by atoms with van der Waals surface area (Å²) in [6, 6.07) is 20.7. The molecule has 0 heterocycles. The Morgan fingerprint density at radius 1 is 0.895 bits per heavy atom. The third-order valence-electron chi connectivity index (χ3n) is 2.49. The van der Waals surface area contributed by atoms with Gasteiger partial charge in [-0.15, -0.1) is 0 Å². The van der Waals surface area contributed by atoms with E-state index >= 15 is 0 Å². The van der Waals surface area contributed by atoms with Crippen molar-refractivity contribution in [2.75, 3.05) is 0 Å². The summed E-state index contributed by atoms with van der Waals surface area (Å²) in [6.45, 7) is 0.793. The Bertz CT molecular complexity index is 443. The molecule has 0 spiro atoms. The Balaban J connectivity index is 0.00000180. The Hall–Kier alpha value is 0.316. The maximum absolute atomic E-state index is 5.30. The number of thioether (sulfide) groups is 1. The van der Waals surface area contributed by atoms with Crippen molar-refractivity contribution in [3.8, 4) is 0 Å². The van der Waals surface area contributed by atoms with Crippen LogP contribution in [-0.2, 0) is 12.3 Å². The second-order valence-electron chi connectivity index (χ2n) is 3.90. The summed E-state index contributed by atoms with van der Waals surface area (Å²) < 4.78 is 0.850. The average Bonchev–Trinajstić information content (AvgIpc) is 2.45. The van der Waals surface area contributed by atoms with E-state index in [1.54, 1.807) is 11.8 Å². The zero-order valence-electron chi connectivity index (χ0n) is 10.0. The molecule has 4 heteroatoms. The van der Waals surface area contributed by atoms with E-state index in [0.717, 1.165) is 16.6 Å². The Morgan fingerprint density at radius 2 is 1.42 bits per heavy atom. The fourth-order valence-electron chi connectivity index (χ4n) is 1.54. The van der Waals surface area contributed by atoms with Crippen molar-refractivity contribution in [2.24, 2.45) is 0 Å². The van der Waals surface area contributed by atoms with Gasteiger partial charge in [0, 0.05) is 12.3 Å². The summed E-state index contributed by atoms with van der Waals surface area (Å²) in [5.41, 5.74) is 2.55. The molecule has 0 radical (unpaired) electrons. The molecular formula is C15H16KNS2. The van der Waals surface area contributed by atoms with Crippen LogP contribution in [0.15, 0.2) is 60.7 Å². The van der Waals surface area contributed by atoms with E-state index in [-0.39, 0.29) is 51.4 Å². The van der Waals surface area contributed by atoms with E-state index in [2.05, 4.69) is 41.7 Å². The van der Waals surface area contributed by atoms with Crippen molar-refractivity contribution in [1.82, 2.24) is 5.32 Å². The molecule has 0 aliphatic carbocycles. The number of benzene rings is 2. The summed E-state index contributed by atoms with van der Waals surface area (Å²) in [5.74, 6) is 0.918. The van der Waals surface area contributed by atoms with E-state index in [1.165, 1.54) is 11.1 Å². The van der Waals surface area contributed by atoms with Crippen molar-refractivity contribution in [3.63, 3.8) is 0 Å². The summed E-state index contributed by atoms with van der Waals surface area (Å²) in [4.78, 5) is 0. The summed E-state index contributed by atoms with van der Waals surface area (Å²) >= 11 is 6.97. The first kappa shape index (κ1) is 17.4. The van der Waals surface area contributed by atoms with Crippen LogP contribution in [0.5, 0.6) is 0 Å². The zero-order valence-corrected chi connectivity index (χ0v) is 11.6. The van der Waals surface area contributed by atoms with E-state index < -0.39 is 0 Å². The molecule has 0 aromatic heterocycles. The number of hydrogen-bond donors (Lipinski definition) is 1. The van der Waals surface area contributed by atoms with Gasteiger partial charge in [-0.2, -0.15) is 0 Å². The van der Waals surface area contributed by atoms with Crippen LogP contribution in [0.2, 0.25) is 0 Å². The van der Waals surface area contributed by atoms with Crippen LogP contribution in [0.25, 0.3) is 0 Å². The molecule has 19 heavy (non-hydrogen) atoms. The maximum atomic E-state index is 5.30.